The zero-order valence-electron chi connectivity index (χ0n) is 17.3. The number of nitrogens with one attached hydrogen (secondary N) is 2. The molecular weight excluding hydrogens is 386 g/mol. The molecule has 31 heavy (non-hydrogen) atoms. The Labute approximate surface area is 179 Å². The van der Waals surface area contributed by atoms with Crippen LogP contribution >= 0.6 is 0 Å². The third-order valence-electron chi connectivity index (χ3n) is 5.22. The molecule has 0 bridgehead atoms. The molecule has 5 heterocycles. The molecule has 0 aliphatic heterocycles. The number of rotatable bonds is 5. The maximum Gasteiger partial charge on any atom is 0.116 e. The van der Waals surface area contributed by atoms with Gasteiger partial charge in [-0.25, -0.2) is 4.98 Å². The summed E-state index contributed by atoms with van der Waals surface area (Å²) < 4.78 is 2.00. The quantitative estimate of drug-likeness (QED) is 0.406. The van der Waals surface area contributed by atoms with E-state index in [1.54, 1.807) is 12.3 Å². The number of imidazole rings is 1. The second-order valence-corrected chi connectivity index (χ2v) is 7.36. The van der Waals surface area contributed by atoms with E-state index in [1.807, 2.05) is 60.7 Å². The Balaban J connectivity index is 1.61. The van der Waals surface area contributed by atoms with E-state index in [0.717, 1.165) is 56.2 Å². The van der Waals surface area contributed by atoms with Gasteiger partial charge in [0.2, 0.25) is 0 Å². The molecule has 0 fully saturated rings. The van der Waals surface area contributed by atoms with Crippen LogP contribution in [0.15, 0.2) is 74.1 Å². The first-order chi connectivity index (χ1) is 15.1. The predicted octanol–water partition coefficient (Wildman–Crippen LogP) is 4.90. The lowest BCUT2D eigenvalue weighted by Gasteiger charge is -2.07. The fourth-order valence-electron chi connectivity index (χ4n) is 3.73. The van der Waals surface area contributed by atoms with Crippen molar-refractivity contribution >= 4 is 16.6 Å². The van der Waals surface area contributed by atoms with Gasteiger partial charge in [-0.15, -0.1) is 0 Å². The van der Waals surface area contributed by atoms with Crippen molar-refractivity contribution in [1.29, 1.82) is 0 Å². The lowest BCUT2D eigenvalue weighted by molar-refractivity contribution is 1.08. The lowest BCUT2D eigenvalue weighted by atomic mass is 10.1. The van der Waals surface area contributed by atoms with E-state index in [4.69, 9.17) is 0 Å². The second kappa shape index (κ2) is 7.53. The maximum atomic E-state index is 4.57. The number of allylic oxidation sites excluding steroid dienone is 2. The van der Waals surface area contributed by atoms with Gasteiger partial charge >= 0.3 is 0 Å². The number of aromatic nitrogens is 7. The van der Waals surface area contributed by atoms with E-state index >= 15 is 0 Å². The molecule has 0 aromatic carbocycles. The molecule has 0 spiro atoms. The van der Waals surface area contributed by atoms with Crippen LogP contribution in [-0.2, 0) is 0 Å². The first kappa shape index (κ1) is 18.7. The number of H-pyrrole nitrogens is 2. The van der Waals surface area contributed by atoms with E-state index < -0.39 is 0 Å². The third-order valence-corrected chi connectivity index (χ3v) is 5.22. The molecule has 0 saturated carbocycles. The fourth-order valence-corrected chi connectivity index (χ4v) is 3.73. The van der Waals surface area contributed by atoms with Crippen LogP contribution in [0.2, 0.25) is 0 Å². The molecule has 5 aromatic rings. The summed E-state index contributed by atoms with van der Waals surface area (Å²) in [4.78, 5) is 16.6. The normalized spacial score (nSPS) is 11.9. The second-order valence-electron chi connectivity index (χ2n) is 7.36. The molecule has 0 unspecified atom stereocenters. The van der Waals surface area contributed by atoms with Crippen LogP contribution in [0.3, 0.4) is 0 Å². The Morgan fingerprint density at radius 1 is 1.16 bits per heavy atom. The highest BCUT2D eigenvalue weighted by atomic mass is 15.1. The zero-order valence-corrected chi connectivity index (χ0v) is 17.3. The molecule has 5 rings (SSSR count). The van der Waals surface area contributed by atoms with Crippen molar-refractivity contribution in [3.8, 4) is 22.6 Å². The highest BCUT2D eigenvalue weighted by molar-refractivity contribution is 5.94. The summed E-state index contributed by atoms with van der Waals surface area (Å²) in [7, 11) is 0. The number of pyridine rings is 2. The van der Waals surface area contributed by atoms with Crippen molar-refractivity contribution in [2.45, 2.75) is 13.8 Å². The van der Waals surface area contributed by atoms with Crippen molar-refractivity contribution in [2.75, 3.05) is 0 Å². The minimum Gasteiger partial charge on any atom is -0.357 e. The van der Waals surface area contributed by atoms with Gasteiger partial charge in [-0.2, -0.15) is 5.10 Å². The van der Waals surface area contributed by atoms with Gasteiger partial charge in [0.15, 0.2) is 0 Å². The Hall–Kier alpha value is -4.26. The minimum absolute atomic E-state index is 0.844. The molecule has 7 heteroatoms. The monoisotopic (exact) mass is 407 g/mol. The lowest BCUT2D eigenvalue weighted by Crippen LogP contribution is -1.96. The average Bonchev–Trinajstić information content (AvgIpc) is 3.50. The number of hydrogen-bond donors (Lipinski definition) is 2. The number of fused-ring (bicyclic) bond motifs is 1. The van der Waals surface area contributed by atoms with E-state index in [0.29, 0.717) is 0 Å². The SMILES string of the molecule is C=C/C=C(\c1cc(-c2n[nH]c3cnc(-c4cccnc4)cc23)[nH]c1C)n1cnc(C)c1. The topological polar surface area (TPSA) is 88.1 Å². The summed E-state index contributed by atoms with van der Waals surface area (Å²) in [5.74, 6) is 0. The number of hydrogen-bond acceptors (Lipinski definition) is 4. The molecule has 7 nitrogen and oxygen atoms in total. The molecule has 2 N–H and O–H groups in total. The van der Waals surface area contributed by atoms with Crippen LogP contribution in [0, 0.1) is 13.8 Å². The largest absolute Gasteiger partial charge is 0.357 e. The van der Waals surface area contributed by atoms with Gasteiger partial charge in [0, 0.05) is 40.8 Å². The first-order valence-corrected chi connectivity index (χ1v) is 9.92. The van der Waals surface area contributed by atoms with Gasteiger partial charge in [0.05, 0.1) is 40.8 Å². The fraction of sp³-hybridized carbons (Fsp3) is 0.0833. The smallest absolute Gasteiger partial charge is 0.116 e. The molecule has 0 aliphatic carbocycles. The van der Waals surface area contributed by atoms with Gasteiger partial charge in [-0.05, 0) is 44.2 Å². The molecule has 0 amide bonds. The summed E-state index contributed by atoms with van der Waals surface area (Å²) in [6.07, 6.45) is 12.9. The third kappa shape index (κ3) is 3.36. The van der Waals surface area contributed by atoms with Gasteiger partial charge in [-0.1, -0.05) is 12.7 Å². The van der Waals surface area contributed by atoms with Crippen LogP contribution < -0.4 is 0 Å². The standard InChI is InChI=1S/C24H21N7/c1-4-6-23(31-13-15(2)27-14-31)18-9-21(28-16(18)3)24-19-10-20(17-7-5-8-25-11-17)26-12-22(19)29-30-24/h4-14,28H,1H2,2-3H3,(H,29,30)/b23-6+. The average molecular weight is 407 g/mol. The molecule has 5 aromatic heterocycles. The molecule has 0 aliphatic rings. The van der Waals surface area contributed by atoms with Crippen molar-refractivity contribution in [2.24, 2.45) is 0 Å². The van der Waals surface area contributed by atoms with E-state index in [-0.39, 0.29) is 0 Å². The summed E-state index contributed by atoms with van der Waals surface area (Å²) >= 11 is 0. The minimum atomic E-state index is 0.844. The number of nitrogens with zero attached hydrogens (tertiary/aromatic N) is 5. The van der Waals surface area contributed by atoms with Crippen LogP contribution in [0.1, 0.15) is 17.0 Å². The Morgan fingerprint density at radius 3 is 2.81 bits per heavy atom. The first-order valence-electron chi connectivity index (χ1n) is 9.92. The van der Waals surface area contributed by atoms with Gasteiger partial charge in [0.1, 0.15) is 5.69 Å². The van der Waals surface area contributed by atoms with Gasteiger partial charge in [0.25, 0.3) is 0 Å². The Kier molecular flexibility index (Phi) is 4.55. The van der Waals surface area contributed by atoms with E-state index in [2.05, 4.69) is 49.7 Å². The van der Waals surface area contributed by atoms with E-state index in [1.165, 1.54) is 0 Å². The number of aryl methyl sites for hydroxylation is 2. The van der Waals surface area contributed by atoms with Crippen LogP contribution in [-0.4, -0.2) is 34.7 Å². The number of aromatic amines is 2. The molecule has 152 valence electrons. The van der Waals surface area contributed by atoms with Crippen molar-refractivity contribution in [3.05, 3.63) is 91.1 Å². The zero-order chi connectivity index (χ0) is 21.4. The summed E-state index contributed by atoms with van der Waals surface area (Å²) in [5.41, 5.74) is 8.51. The van der Waals surface area contributed by atoms with E-state index in [9.17, 15) is 0 Å². The highest BCUT2D eigenvalue weighted by Crippen LogP contribution is 2.32. The Bertz CT molecular complexity index is 1420. The van der Waals surface area contributed by atoms with Crippen molar-refractivity contribution < 1.29 is 0 Å². The summed E-state index contributed by atoms with van der Waals surface area (Å²) in [6.45, 7) is 7.90. The summed E-state index contributed by atoms with van der Waals surface area (Å²) in [6, 6.07) is 8.06. The highest BCUT2D eigenvalue weighted by Gasteiger charge is 2.16. The van der Waals surface area contributed by atoms with Crippen LogP contribution in [0.25, 0.3) is 39.2 Å². The predicted molar refractivity (Wildman–Crippen MR) is 122 cm³/mol. The molecule has 0 saturated heterocycles. The van der Waals surface area contributed by atoms with Crippen molar-refractivity contribution in [1.82, 2.24) is 34.7 Å². The van der Waals surface area contributed by atoms with Crippen molar-refractivity contribution in [3.63, 3.8) is 0 Å². The van der Waals surface area contributed by atoms with Gasteiger partial charge in [-0.3, -0.25) is 15.1 Å². The molecule has 0 atom stereocenters. The molecular formula is C24H21N7. The summed E-state index contributed by atoms with van der Waals surface area (Å²) in [5, 5.41) is 8.65. The maximum absolute atomic E-state index is 4.57. The van der Waals surface area contributed by atoms with Crippen LogP contribution in [0.4, 0.5) is 0 Å². The van der Waals surface area contributed by atoms with Crippen LogP contribution in [0.5, 0.6) is 0 Å². The molecule has 0 radical (unpaired) electrons. The van der Waals surface area contributed by atoms with Gasteiger partial charge < -0.3 is 9.55 Å². The Morgan fingerprint density at radius 2 is 2.06 bits per heavy atom.